The van der Waals surface area contributed by atoms with Crippen LogP contribution in [-0.2, 0) is 28.6 Å². The van der Waals surface area contributed by atoms with Crippen LogP contribution in [0.15, 0.2) is 122 Å². The molecule has 0 heterocycles. The van der Waals surface area contributed by atoms with Gasteiger partial charge in [-0.3, -0.25) is 14.4 Å². The molecule has 1 atom stereocenters. The van der Waals surface area contributed by atoms with Crippen molar-refractivity contribution in [3.05, 3.63) is 122 Å². The number of rotatable bonds is 60. The molecule has 0 saturated heterocycles. The average Bonchev–Trinajstić information content (AvgIpc) is 3.46. The highest BCUT2D eigenvalue weighted by Gasteiger charge is 2.19. The van der Waals surface area contributed by atoms with Crippen LogP contribution in [-0.4, -0.2) is 37.2 Å². The van der Waals surface area contributed by atoms with E-state index in [1.165, 1.54) is 135 Å². The molecule has 6 nitrogen and oxygen atoms in total. The van der Waals surface area contributed by atoms with Crippen molar-refractivity contribution in [2.24, 2.45) is 0 Å². The van der Waals surface area contributed by atoms with Crippen LogP contribution in [0.3, 0.4) is 0 Å². The summed E-state index contributed by atoms with van der Waals surface area (Å²) >= 11 is 0. The third-order valence-electron chi connectivity index (χ3n) is 14.2. The fourth-order valence-electron chi connectivity index (χ4n) is 9.20. The molecule has 80 heavy (non-hydrogen) atoms. The van der Waals surface area contributed by atoms with Crippen LogP contribution >= 0.6 is 0 Å². The van der Waals surface area contributed by atoms with Crippen LogP contribution in [0, 0.1) is 0 Å². The highest BCUT2D eigenvalue weighted by Crippen LogP contribution is 2.16. The minimum atomic E-state index is -0.787. The predicted molar refractivity (Wildman–Crippen MR) is 348 cm³/mol. The lowest BCUT2D eigenvalue weighted by atomic mass is 10.1. The van der Waals surface area contributed by atoms with Gasteiger partial charge in [0.15, 0.2) is 6.10 Å². The Balaban J connectivity index is 4.20. The molecular weight excluding hydrogens is 985 g/mol. The molecule has 0 amide bonds. The van der Waals surface area contributed by atoms with Gasteiger partial charge < -0.3 is 14.2 Å². The smallest absolute Gasteiger partial charge is 0.306 e. The molecule has 0 fully saturated rings. The summed E-state index contributed by atoms with van der Waals surface area (Å²) in [4.78, 5) is 38.2. The molecule has 0 N–H and O–H groups in total. The second-order valence-corrected chi connectivity index (χ2v) is 22.0. The average molecular weight is 1110 g/mol. The molecule has 0 bridgehead atoms. The Kier molecular flexibility index (Phi) is 63.8. The first-order valence-corrected chi connectivity index (χ1v) is 33.5. The van der Waals surface area contributed by atoms with Gasteiger partial charge in [-0.2, -0.15) is 0 Å². The van der Waals surface area contributed by atoms with E-state index in [4.69, 9.17) is 14.2 Å². The highest BCUT2D eigenvalue weighted by molar-refractivity contribution is 5.71. The van der Waals surface area contributed by atoms with Crippen LogP contribution in [0.5, 0.6) is 0 Å². The molecule has 0 saturated carbocycles. The van der Waals surface area contributed by atoms with Gasteiger partial charge in [-0.15, -0.1) is 0 Å². The highest BCUT2D eigenvalue weighted by atomic mass is 16.6. The Bertz CT molecular complexity index is 1650. The molecule has 1 unspecified atom stereocenters. The van der Waals surface area contributed by atoms with Gasteiger partial charge in [-0.1, -0.05) is 296 Å². The molecule has 0 aromatic heterocycles. The van der Waals surface area contributed by atoms with E-state index >= 15 is 0 Å². The molecular formula is C74H124O6. The van der Waals surface area contributed by atoms with Crippen molar-refractivity contribution in [3.63, 3.8) is 0 Å². The lowest BCUT2D eigenvalue weighted by Crippen LogP contribution is -2.30. The van der Waals surface area contributed by atoms with E-state index in [9.17, 15) is 14.4 Å². The fraction of sp³-hybridized carbons (Fsp3) is 0.689. The summed E-state index contributed by atoms with van der Waals surface area (Å²) in [6, 6.07) is 0. The van der Waals surface area contributed by atoms with E-state index < -0.39 is 6.10 Å². The van der Waals surface area contributed by atoms with Crippen LogP contribution in [0.4, 0.5) is 0 Å². The Morgan fingerprint density at radius 1 is 0.263 bits per heavy atom. The van der Waals surface area contributed by atoms with Crippen LogP contribution in [0.25, 0.3) is 0 Å². The second-order valence-electron chi connectivity index (χ2n) is 22.0. The molecule has 6 heteroatoms. The fourth-order valence-corrected chi connectivity index (χ4v) is 9.20. The van der Waals surface area contributed by atoms with Crippen molar-refractivity contribution in [2.75, 3.05) is 13.2 Å². The van der Waals surface area contributed by atoms with Gasteiger partial charge in [0.05, 0.1) is 0 Å². The quantitative estimate of drug-likeness (QED) is 0.0261. The first-order valence-electron chi connectivity index (χ1n) is 33.5. The maximum Gasteiger partial charge on any atom is 0.306 e. The van der Waals surface area contributed by atoms with E-state index in [0.717, 1.165) is 135 Å². The summed E-state index contributed by atoms with van der Waals surface area (Å²) < 4.78 is 16.9. The number of ether oxygens (including phenoxy) is 3. The van der Waals surface area contributed by atoms with Gasteiger partial charge in [0.1, 0.15) is 13.2 Å². The number of hydrogen-bond donors (Lipinski definition) is 0. The molecule has 0 aromatic carbocycles. The lowest BCUT2D eigenvalue weighted by Gasteiger charge is -2.18. The van der Waals surface area contributed by atoms with Crippen molar-refractivity contribution in [3.8, 4) is 0 Å². The van der Waals surface area contributed by atoms with E-state index in [1.807, 2.05) is 0 Å². The molecule has 0 rings (SSSR count). The van der Waals surface area contributed by atoms with Crippen molar-refractivity contribution in [1.29, 1.82) is 0 Å². The zero-order chi connectivity index (χ0) is 57.8. The standard InChI is InChI=1S/C74H124O6/c1-4-7-10-13-16-19-22-24-26-28-29-30-31-32-33-34-35-36-37-38-39-40-41-42-43-44-45-46-48-49-52-55-58-61-64-67-73(76)79-70-71(69-78-72(75)66-63-60-57-54-51-21-18-15-12-9-6-3)80-74(77)68-65-62-59-56-53-50-47-27-25-23-20-17-14-11-8-5-2/h7,10,16,19-20,23-24,26-27,29-30,32-33,35-36,38-39,41-42,47,71H,4-6,8-9,11-15,17-18,21-22,25,28,31,34,37,40,43-46,48-70H2,1-3H3/b10-7-,19-16-,23-20-,26-24-,30-29-,33-32-,36-35-,39-38-,42-41-,47-27-. The maximum absolute atomic E-state index is 12.9. The zero-order valence-corrected chi connectivity index (χ0v) is 52.3. The first kappa shape index (κ1) is 75.8. The van der Waals surface area contributed by atoms with Crippen molar-refractivity contribution in [2.45, 2.75) is 316 Å². The number of hydrogen-bond acceptors (Lipinski definition) is 6. The molecule has 456 valence electrons. The predicted octanol–water partition coefficient (Wildman–Crippen LogP) is 23.2. The maximum atomic E-state index is 12.9. The number of esters is 3. The molecule has 0 aliphatic carbocycles. The minimum absolute atomic E-state index is 0.0830. The number of allylic oxidation sites excluding steroid dienone is 20. The third kappa shape index (κ3) is 64.6. The van der Waals surface area contributed by atoms with E-state index in [1.54, 1.807) is 0 Å². The summed E-state index contributed by atoms with van der Waals surface area (Å²) in [5.74, 6) is -0.895. The summed E-state index contributed by atoms with van der Waals surface area (Å²) in [5.41, 5.74) is 0. The van der Waals surface area contributed by atoms with Crippen LogP contribution in [0.2, 0.25) is 0 Å². The lowest BCUT2D eigenvalue weighted by molar-refractivity contribution is -0.167. The van der Waals surface area contributed by atoms with Crippen molar-refractivity contribution >= 4 is 17.9 Å². The van der Waals surface area contributed by atoms with Gasteiger partial charge in [0.25, 0.3) is 0 Å². The van der Waals surface area contributed by atoms with Crippen LogP contribution in [0.1, 0.15) is 310 Å². The number of carbonyl (C=O) groups is 3. The number of carbonyl (C=O) groups excluding carboxylic acids is 3. The largest absolute Gasteiger partial charge is 0.462 e. The topological polar surface area (TPSA) is 78.9 Å². The second kappa shape index (κ2) is 67.3. The Hall–Kier alpha value is -4.19. The monoisotopic (exact) mass is 1110 g/mol. The van der Waals surface area contributed by atoms with Gasteiger partial charge in [0.2, 0.25) is 0 Å². The SMILES string of the molecule is CC/C=C\C/C=C\C/C=C\C/C=C\C/C=C\C/C=C\C/C=C\C/C=C\CCCCCCCCCCCCC(=O)OCC(COC(=O)CCCCCCCCCCCCC)OC(=O)CCCCCCC/C=C\C/C=C\CCCCCC. The minimum Gasteiger partial charge on any atom is -0.462 e. The van der Waals surface area contributed by atoms with E-state index in [-0.39, 0.29) is 31.1 Å². The Morgan fingerprint density at radius 2 is 0.487 bits per heavy atom. The van der Waals surface area contributed by atoms with Gasteiger partial charge in [-0.25, -0.2) is 0 Å². The van der Waals surface area contributed by atoms with Gasteiger partial charge >= 0.3 is 17.9 Å². The first-order chi connectivity index (χ1) is 39.5. The molecule has 0 spiro atoms. The normalized spacial score (nSPS) is 12.9. The Labute approximate surface area is 494 Å². The van der Waals surface area contributed by atoms with Gasteiger partial charge in [0, 0.05) is 19.3 Å². The zero-order valence-electron chi connectivity index (χ0n) is 52.3. The van der Waals surface area contributed by atoms with E-state index in [0.29, 0.717) is 19.3 Å². The van der Waals surface area contributed by atoms with Crippen molar-refractivity contribution < 1.29 is 28.6 Å². The third-order valence-corrected chi connectivity index (χ3v) is 14.2. The molecule has 0 aliphatic rings. The summed E-state index contributed by atoms with van der Waals surface area (Å²) in [5, 5.41) is 0. The molecule has 0 radical (unpaired) electrons. The Morgan fingerprint density at radius 3 is 0.775 bits per heavy atom. The molecule has 0 aromatic rings. The number of unbranched alkanes of at least 4 members (excludes halogenated alkanes) is 29. The van der Waals surface area contributed by atoms with Crippen molar-refractivity contribution in [1.82, 2.24) is 0 Å². The summed E-state index contributed by atoms with van der Waals surface area (Å²) in [7, 11) is 0. The van der Waals surface area contributed by atoms with Gasteiger partial charge in [-0.05, 0) is 116 Å². The molecule has 0 aliphatic heterocycles. The summed E-state index contributed by atoms with van der Waals surface area (Å²) in [6.45, 7) is 6.50. The summed E-state index contributed by atoms with van der Waals surface area (Å²) in [6.07, 6.45) is 93.6. The van der Waals surface area contributed by atoms with Crippen LogP contribution < -0.4 is 0 Å². The van der Waals surface area contributed by atoms with E-state index in [2.05, 4.69) is 142 Å².